The number of nitrogens with one attached hydrogen (secondary N) is 1. The molecular formula is C21H17N5O3S. The van der Waals surface area contributed by atoms with Gasteiger partial charge in [0.05, 0.1) is 10.7 Å². The number of nitro groups is 1. The summed E-state index contributed by atoms with van der Waals surface area (Å²) in [5, 5.41) is 24.8. The number of thioether (sulfide) groups is 1. The molecule has 9 heteroatoms. The molecule has 30 heavy (non-hydrogen) atoms. The van der Waals surface area contributed by atoms with Crippen molar-refractivity contribution < 1.29 is 9.72 Å². The first-order valence-corrected chi connectivity index (χ1v) is 10.1. The maximum Gasteiger partial charge on any atom is 0.270 e. The number of amides is 1. The first-order chi connectivity index (χ1) is 14.5. The molecule has 0 aliphatic rings. The van der Waals surface area contributed by atoms with Crippen molar-refractivity contribution in [3.05, 3.63) is 76.8 Å². The number of non-ortho nitro benzene ring substituents is 1. The zero-order valence-electron chi connectivity index (χ0n) is 16.0. The lowest BCUT2D eigenvalue weighted by Crippen LogP contribution is -2.14. The molecule has 0 bridgehead atoms. The molecule has 0 aliphatic heterocycles. The lowest BCUT2D eigenvalue weighted by molar-refractivity contribution is -0.384. The highest BCUT2D eigenvalue weighted by atomic mass is 32.2. The van der Waals surface area contributed by atoms with Crippen molar-refractivity contribution >= 4 is 39.8 Å². The van der Waals surface area contributed by atoms with Gasteiger partial charge in [-0.2, -0.15) is 0 Å². The smallest absolute Gasteiger partial charge is 0.270 e. The molecule has 3 aromatic carbocycles. The normalized spacial score (nSPS) is 10.8. The van der Waals surface area contributed by atoms with Crippen LogP contribution in [0.25, 0.3) is 22.2 Å². The highest BCUT2D eigenvalue weighted by Crippen LogP contribution is 2.26. The molecule has 1 amide bonds. The molecule has 0 radical (unpaired) electrons. The van der Waals surface area contributed by atoms with Crippen LogP contribution < -0.4 is 5.32 Å². The Morgan fingerprint density at radius 2 is 1.87 bits per heavy atom. The standard InChI is InChI=1S/C21H17N5O3S/c1-25-20(15-8-4-9-16(12-15)26(28)29)23-24-21(25)30-13-19(27)22-18-11-5-7-14-6-2-3-10-17(14)18/h2-12H,13H2,1H3,(H,22,27). The summed E-state index contributed by atoms with van der Waals surface area (Å²) in [7, 11) is 1.76. The molecule has 0 unspecified atom stereocenters. The number of anilines is 1. The third kappa shape index (κ3) is 4.01. The van der Waals surface area contributed by atoms with Gasteiger partial charge in [-0.25, -0.2) is 0 Å². The number of benzene rings is 3. The van der Waals surface area contributed by atoms with Crippen molar-refractivity contribution in [3.8, 4) is 11.4 Å². The number of nitrogens with zero attached hydrogens (tertiary/aromatic N) is 4. The number of carbonyl (C=O) groups is 1. The van der Waals surface area contributed by atoms with E-state index >= 15 is 0 Å². The molecule has 1 heterocycles. The van der Waals surface area contributed by atoms with Crippen molar-refractivity contribution in [2.24, 2.45) is 7.05 Å². The Morgan fingerprint density at radius 1 is 1.10 bits per heavy atom. The molecule has 0 saturated carbocycles. The Kier molecular flexibility index (Phi) is 5.44. The van der Waals surface area contributed by atoms with Crippen molar-refractivity contribution in [1.29, 1.82) is 0 Å². The number of carbonyl (C=O) groups excluding carboxylic acids is 1. The lowest BCUT2D eigenvalue weighted by Gasteiger charge is -2.08. The summed E-state index contributed by atoms with van der Waals surface area (Å²) < 4.78 is 1.72. The third-order valence-corrected chi connectivity index (χ3v) is 5.57. The van der Waals surface area contributed by atoms with Crippen LogP contribution in [0.2, 0.25) is 0 Å². The molecule has 0 fully saturated rings. The van der Waals surface area contributed by atoms with Gasteiger partial charge in [0.25, 0.3) is 5.69 Å². The van der Waals surface area contributed by atoms with Gasteiger partial charge in [0.2, 0.25) is 5.91 Å². The SMILES string of the molecule is Cn1c(SCC(=O)Nc2cccc3ccccc23)nnc1-c1cccc([N+](=O)[O-])c1. The fourth-order valence-corrected chi connectivity index (χ4v) is 3.81. The largest absolute Gasteiger partial charge is 0.325 e. The zero-order chi connectivity index (χ0) is 21.1. The predicted molar refractivity (Wildman–Crippen MR) is 116 cm³/mol. The van der Waals surface area contributed by atoms with Crippen LogP contribution in [0.15, 0.2) is 71.9 Å². The number of nitro benzene ring substituents is 1. The van der Waals surface area contributed by atoms with Gasteiger partial charge in [0.15, 0.2) is 11.0 Å². The molecule has 0 spiro atoms. The highest BCUT2D eigenvalue weighted by molar-refractivity contribution is 7.99. The number of fused-ring (bicyclic) bond motifs is 1. The van der Waals surface area contributed by atoms with Gasteiger partial charge in [0, 0.05) is 35.8 Å². The zero-order valence-corrected chi connectivity index (χ0v) is 16.8. The quantitative estimate of drug-likeness (QED) is 0.284. The molecule has 1 aromatic heterocycles. The topological polar surface area (TPSA) is 103 Å². The number of rotatable bonds is 6. The van der Waals surface area contributed by atoms with E-state index in [0.717, 1.165) is 16.5 Å². The van der Waals surface area contributed by atoms with E-state index in [2.05, 4.69) is 15.5 Å². The first kappa shape index (κ1) is 19.6. The fraction of sp³-hybridized carbons (Fsp3) is 0.0952. The molecule has 0 aliphatic carbocycles. The van der Waals surface area contributed by atoms with Gasteiger partial charge in [-0.1, -0.05) is 60.3 Å². The van der Waals surface area contributed by atoms with E-state index in [1.807, 2.05) is 42.5 Å². The van der Waals surface area contributed by atoms with Gasteiger partial charge in [-0.3, -0.25) is 14.9 Å². The number of aromatic nitrogens is 3. The average Bonchev–Trinajstić information content (AvgIpc) is 3.13. The number of hydrogen-bond donors (Lipinski definition) is 1. The summed E-state index contributed by atoms with van der Waals surface area (Å²) in [5.74, 6) is 0.497. The summed E-state index contributed by atoms with van der Waals surface area (Å²) >= 11 is 1.25. The van der Waals surface area contributed by atoms with E-state index in [1.54, 1.807) is 23.7 Å². The Balaban J connectivity index is 1.46. The second-order valence-electron chi connectivity index (χ2n) is 6.54. The van der Waals surface area contributed by atoms with Crippen LogP contribution in [0.4, 0.5) is 11.4 Å². The number of hydrogen-bond acceptors (Lipinski definition) is 6. The van der Waals surface area contributed by atoms with Crippen LogP contribution in [0.5, 0.6) is 0 Å². The summed E-state index contributed by atoms with van der Waals surface area (Å²) in [6.45, 7) is 0. The second kappa shape index (κ2) is 8.34. The third-order valence-electron chi connectivity index (χ3n) is 4.55. The van der Waals surface area contributed by atoms with Gasteiger partial charge in [0.1, 0.15) is 0 Å². The maximum atomic E-state index is 12.5. The monoisotopic (exact) mass is 419 g/mol. The van der Waals surface area contributed by atoms with Crippen LogP contribution in [0.1, 0.15) is 0 Å². The fourth-order valence-electron chi connectivity index (χ4n) is 3.10. The minimum Gasteiger partial charge on any atom is -0.325 e. The minimum atomic E-state index is -0.451. The summed E-state index contributed by atoms with van der Waals surface area (Å²) in [5.41, 5.74) is 1.33. The van der Waals surface area contributed by atoms with E-state index < -0.39 is 4.92 Å². The van der Waals surface area contributed by atoms with E-state index in [0.29, 0.717) is 16.5 Å². The molecule has 4 aromatic rings. The van der Waals surface area contributed by atoms with E-state index in [4.69, 9.17) is 0 Å². The van der Waals surface area contributed by atoms with Crippen LogP contribution >= 0.6 is 11.8 Å². The molecule has 4 rings (SSSR count). The molecule has 0 atom stereocenters. The van der Waals surface area contributed by atoms with Crippen molar-refractivity contribution in [2.75, 3.05) is 11.1 Å². The highest BCUT2D eigenvalue weighted by Gasteiger charge is 2.15. The van der Waals surface area contributed by atoms with Crippen LogP contribution in [0, 0.1) is 10.1 Å². The van der Waals surface area contributed by atoms with Gasteiger partial charge in [-0.15, -0.1) is 10.2 Å². The van der Waals surface area contributed by atoms with Crippen LogP contribution in [-0.4, -0.2) is 31.3 Å². The minimum absolute atomic E-state index is 0.0147. The van der Waals surface area contributed by atoms with E-state index in [1.165, 1.54) is 23.9 Å². The summed E-state index contributed by atoms with van der Waals surface area (Å²) in [4.78, 5) is 23.0. The van der Waals surface area contributed by atoms with Crippen molar-refractivity contribution in [1.82, 2.24) is 14.8 Å². The predicted octanol–water partition coefficient (Wildman–Crippen LogP) is 4.27. The van der Waals surface area contributed by atoms with Crippen molar-refractivity contribution in [2.45, 2.75) is 5.16 Å². The molecular weight excluding hydrogens is 402 g/mol. The van der Waals surface area contributed by atoms with E-state index in [-0.39, 0.29) is 17.3 Å². The van der Waals surface area contributed by atoms with Gasteiger partial charge >= 0.3 is 0 Å². The summed E-state index contributed by atoms with van der Waals surface area (Å²) in [6.07, 6.45) is 0. The molecule has 150 valence electrons. The Morgan fingerprint density at radius 3 is 2.70 bits per heavy atom. The molecule has 8 nitrogen and oxygen atoms in total. The average molecular weight is 419 g/mol. The Labute approximate surface area is 176 Å². The van der Waals surface area contributed by atoms with Crippen molar-refractivity contribution in [3.63, 3.8) is 0 Å². The summed E-state index contributed by atoms with van der Waals surface area (Å²) in [6, 6.07) is 19.8. The Hall–Kier alpha value is -3.72. The maximum absolute atomic E-state index is 12.5. The Bertz CT molecular complexity index is 1250. The van der Waals surface area contributed by atoms with Crippen LogP contribution in [-0.2, 0) is 11.8 Å². The lowest BCUT2D eigenvalue weighted by atomic mass is 10.1. The van der Waals surface area contributed by atoms with Gasteiger partial charge in [-0.05, 0) is 11.5 Å². The molecule has 0 saturated heterocycles. The van der Waals surface area contributed by atoms with Crippen LogP contribution in [0.3, 0.4) is 0 Å². The van der Waals surface area contributed by atoms with Gasteiger partial charge < -0.3 is 9.88 Å². The molecule has 1 N–H and O–H groups in total. The second-order valence-corrected chi connectivity index (χ2v) is 7.48. The first-order valence-electron chi connectivity index (χ1n) is 9.07. The van der Waals surface area contributed by atoms with E-state index in [9.17, 15) is 14.9 Å².